The van der Waals surface area contributed by atoms with Gasteiger partial charge in [0.25, 0.3) is 5.91 Å². The number of nitrogens with two attached hydrogens (primary N) is 1. The molecular formula is C41H51N7O9. The number of rotatable bonds is 14. The molecular weight excluding hydrogens is 734 g/mol. The van der Waals surface area contributed by atoms with Crippen LogP contribution in [0.3, 0.4) is 0 Å². The zero-order chi connectivity index (χ0) is 40.6. The molecule has 4 fully saturated rings. The third-order valence-electron chi connectivity index (χ3n) is 9.63. The minimum atomic E-state index is -0.630. The monoisotopic (exact) mass is 785 g/mol. The van der Waals surface area contributed by atoms with Gasteiger partial charge < -0.3 is 19.4 Å². The van der Waals surface area contributed by atoms with Gasteiger partial charge in [0.1, 0.15) is 31.0 Å². The lowest BCUT2D eigenvalue weighted by Gasteiger charge is -2.28. The van der Waals surface area contributed by atoms with Crippen LogP contribution in [0.2, 0.25) is 0 Å². The number of urea groups is 2. The summed E-state index contributed by atoms with van der Waals surface area (Å²) in [5.41, 5.74) is 4.89. The number of benzene rings is 3. The van der Waals surface area contributed by atoms with Gasteiger partial charge in [-0.2, -0.15) is 10.1 Å². The fourth-order valence-corrected chi connectivity index (χ4v) is 6.73. The van der Waals surface area contributed by atoms with E-state index in [-0.39, 0.29) is 30.1 Å². The molecule has 4 saturated heterocycles. The summed E-state index contributed by atoms with van der Waals surface area (Å²) in [7, 11) is 0. The van der Waals surface area contributed by atoms with Crippen LogP contribution in [0.15, 0.2) is 84.9 Å². The number of hydrogen-bond acceptors (Lipinski definition) is 10. The highest BCUT2D eigenvalue weighted by Crippen LogP contribution is 2.32. The molecule has 4 bridgehead atoms. The molecule has 57 heavy (non-hydrogen) atoms. The molecule has 0 saturated carbocycles. The van der Waals surface area contributed by atoms with Crippen molar-refractivity contribution in [2.45, 2.75) is 89.8 Å². The zero-order valence-electron chi connectivity index (χ0n) is 32.4. The highest BCUT2D eigenvalue weighted by molar-refractivity contribution is 5.88. The number of carbonyl (C=O) groups is 4. The van der Waals surface area contributed by atoms with Gasteiger partial charge in [-0.1, -0.05) is 86.6 Å². The maximum atomic E-state index is 12.7. The Morgan fingerprint density at radius 1 is 0.737 bits per heavy atom. The first-order valence-electron chi connectivity index (χ1n) is 19.2. The molecule has 0 unspecified atom stereocenters. The van der Waals surface area contributed by atoms with Crippen molar-refractivity contribution in [3.63, 3.8) is 0 Å². The smallest absolute Gasteiger partial charge is 0.345 e. The van der Waals surface area contributed by atoms with Crippen LogP contribution in [0.4, 0.5) is 15.3 Å². The van der Waals surface area contributed by atoms with Crippen molar-refractivity contribution < 1.29 is 43.3 Å². The van der Waals surface area contributed by atoms with Crippen LogP contribution in [0, 0.1) is 6.57 Å². The van der Waals surface area contributed by atoms with E-state index < -0.39 is 18.1 Å². The molecule has 4 aliphatic heterocycles. The van der Waals surface area contributed by atoms with Gasteiger partial charge in [0.2, 0.25) is 0 Å². The Bertz CT molecular complexity index is 1790. The molecule has 0 aromatic heterocycles. The summed E-state index contributed by atoms with van der Waals surface area (Å²) in [6.45, 7) is 13.7. The van der Waals surface area contributed by atoms with Crippen molar-refractivity contribution in [1.29, 1.82) is 0 Å². The largest absolute Gasteiger partial charge is 0.425 e. The Kier molecular flexibility index (Phi) is 16.2. The maximum Gasteiger partial charge on any atom is 0.345 e. The normalized spacial score (nSPS) is 20.5. The number of carbonyl (C=O) groups excluding carboxylic acids is 4. The van der Waals surface area contributed by atoms with Gasteiger partial charge in [-0.05, 0) is 61.8 Å². The van der Waals surface area contributed by atoms with E-state index in [2.05, 4.69) is 21.1 Å². The SMILES string of the molecule is CCCON.CCCONC(=O)[C@@H]1CC[C@@H]2CN1C(=O)N2OCc1ccccc1.[C-]#[N+]c1ccc(OC(=O)[C@@H]2CC[C@@H]3CN2C(=O)N3OCc2ccccc2)cc1. The first-order chi connectivity index (χ1) is 27.8. The molecule has 3 aromatic carbocycles. The number of hydroxylamine groups is 5. The molecule has 5 amide bonds. The molecule has 0 aliphatic carbocycles. The standard InChI is InChI=1S/C21H19N3O4.C17H23N3O4.C3H9NO/c1-22-16-7-10-18(11-8-16)28-20(25)19-12-9-17-13-23(19)21(26)24(17)27-14-15-5-3-2-4-6-15;1-2-10-23-18-16(21)15-9-8-14-11-19(15)17(22)20(14)24-12-13-6-4-3-5-7-13;1-2-3-5-4/h2-8,10-11,17,19H,9,12-14H2;3-7,14-15H,2,8-12H2,1H3,(H,18,21);2-4H2,1H3/t17-,19+;14-,15+;/m11./s1. The summed E-state index contributed by atoms with van der Waals surface area (Å²) in [4.78, 5) is 77.3. The minimum absolute atomic E-state index is 0.00169. The summed E-state index contributed by atoms with van der Waals surface area (Å²) in [6.07, 6.45) is 4.37. The number of nitrogens with one attached hydrogen (secondary N) is 1. The van der Waals surface area contributed by atoms with E-state index in [0.29, 0.717) is 70.2 Å². The summed E-state index contributed by atoms with van der Waals surface area (Å²) < 4.78 is 5.42. The topological polar surface area (TPSA) is 170 Å². The van der Waals surface area contributed by atoms with E-state index >= 15 is 0 Å². The van der Waals surface area contributed by atoms with E-state index in [1.165, 1.54) is 15.0 Å². The predicted molar refractivity (Wildman–Crippen MR) is 207 cm³/mol. The Labute approximate surface area is 332 Å². The van der Waals surface area contributed by atoms with Crippen molar-refractivity contribution in [2.24, 2.45) is 5.90 Å². The van der Waals surface area contributed by atoms with Gasteiger partial charge in [0, 0.05) is 13.1 Å². The second-order valence-corrected chi connectivity index (χ2v) is 13.7. The van der Waals surface area contributed by atoms with Crippen LogP contribution in [-0.4, -0.2) is 94.3 Å². The predicted octanol–water partition coefficient (Wildman–Crippen LogP) is 5.67. The fraction of sp³-hybridized carbons (Fsp3) is 0.439. The van der Waals surface area contributed by atoms with Gasteiger partial charge >= 0.3 is 18.0 Å². The minimum Gasteiger partial charge on any atom is -0.425 e. The molecule has 4 atom stereocenters. The molecule has 4 heterocycles. The lowest BCUT2D eigenvalue weighted by atomic mass is 10.0. The zero-order valence-corrected chi connectivity index (χ0v) is 32.4. The molecule has 0 radical (unpaired) electrons. The Balaban J connectivity index is 0.000000197. The third kappa shape index (κ3) is 11.5. The van der Waals surface area contributed by atoms with Crippen molar-refractivity contribution in [2.75, 3.05) is 26.3 Å². The van der Waals surface area contributed by atoms with Gasteiger partial charge in [0.05, 0.1) is 31.9 Å². The van der Waals surface area contributed by atoms with Crippen LogP contribution in [0.25, 0.3) is 4.85 Å². The van der Waals surface area contributed by atoms with Gasteiger partial charge in [-0.3, -0.25) is 19.3 Å². The van der Waals surface area contributed by atoms with Crippen molar-refractivity contribution in [1.82, 2.24) is 25.4 Å². The molecule has 3 aromatic rings. The van der Waals surface area contributed by atoms with E-state index in [1.54, 1.807) is 29.2 Å². The Morgan fingerprint density at radius 3 is 1.72 bits per heavy atom. The highest BCUT2D eigenvalue weighted by Gasteiger charge is 2.49. The maximum absolute atomic E-state index is 12.7. The van der Waals surface area contributed by atoms with Crippen molar-refractivity contribution in [3.8, 4) is 5.75 Å². The lowest BCUT2D eigenvalue weighted by molar-refractivity contribution is -0.141. The summed E-state index contributed by atoms with van der Waals surface area (Å²) in [6, 6.07) is 24.0. The number of fused-ring (bicyclic) bond motifs is 4. The molecule has 304 valence electrons. The number of hydrogen-bond donors (Lipinski definition) is 2. The lowest BCUT2D eigenvalue weighted by Crippen LogP contribution is -2.49. The number of ether oxygens (including phenoxy) is 1. The van der Waals surface area contributed by atoms with Crippen molar-refractivity contribution >= 4 is 29.6 Å². The highest BCUT2D eigenvalue weighted by atomic mass is 16.7. The third-order valence-corrected chi connectivity index (χ3v) is 9.63. The van der Waals surface area contributed by atoms with Crippen LogP contribution in [0.1, 0.15) is 63.5 Å². The number of esters is 1. The van der Waals surface area contributed by atoms with E-state index in [4.69, 9.17) is 25.8 Å². The van der Waals surface area contributed by atoms with Crippen LogP contribution < -0.4 is 16.1 Å². The number of nitrogens with zero attached hydrogens (tertiary/aromatic N) is 5. The number of piperidine rings is 2. The Hall–Kier alpha value is -5.57. The fourth-order valence-electron chi connectivity index (χ4n) is 6.73. The number of amides is 5. The van der Waals surface area contributed by atoms with Gasteiger partial charge in [-0.15, -0.1) is 0 Å². The van der Waals surface area contributed by atoms with E-state index in [9.17, 15) is 19.2 Å². The molecule has 4 aliphatic rings. The average molecular weight is 786 g/mol. The Morgan fingerprint density at radius 2 is 1.25 bits per heavy atom. The van der Waals surface area contributed by atoms with Gasteiger partial charge in [-0.25, -0.2) is 30.6 Å². The molecule has 7 rings (SSSR count). The van der Waals surface area contributed by atoms with Crippen molar-refractivity contribution in [3.05, 3.63) is 107 Å². The van der Waals surface area contributed by atoms with Crippen LogP contribution in [0.5, 0.6) is 5.75 Å². The van der Waals surface area contributed by atoms with E-state index in [0.717, 1.165) is 30.4 Å². The second kappa shape index (κ2) is 21.7. The first-order valence-corrected chi connectivity index (χ1v) is 19.2. The average Bonchev–Trinajstić information content (AvgIpc) is 3.63. The van der Waals surface area contributed by atoms with E-state index in [1.807, 2.05) is 74.5 Å². The summed E-state index contributed by atoms with van der Waals surface area (Å²) >= 11 is 0. The summed E-state index contributed by atoms with van der Waals surface area (Å²) in [5, 5.41) is 2.82. The molecule has 16 nitrogen and oxygen atoms in total. The molecule has 16 heteroatoms. The summed E-state index contributed by atoms with van der Waals surface area (Å²) in [5.74, 6) is 4.27. The first kappa shape index (κ1) is 42.6. The quantitative estimate of drug-likeness (QED) is 0.0683. The van der Waals surface area contributed by atoms with Gasteiger partial charge in [0.15, 0.2) is 5.69 Å². The molecule has 0 spiro atoms. The molecule has 3 N–H and O–H groups in total. The van der Waals surface area contributed by atoms with Crippen LogP contribution in [-0.2, 0) is 42.2 Å². The van der Waals surface area contributed by atoms with Crippen LogP contribution >= 0.6 is 0 Å². The second-order valence-electron chi connectivity index (χ2n) is 13.7.